The number of carbonyl (C=O) groups is 2. The Morgan fingerprint density at radius 3 is 1.38 bits per heavy atom. The second kappa shape index (κ2) is 9.02. The third kappa shape index (κ3) is 4.43. The van der Waals surface area contributed by atoms with Crippen molar-refractivity contribution in [2.24, 2.45) is 0 Å². The molecule has 0 radical (unpaired) electrons. The number of methoxy groups -OCH3 is 2. The van der Waals surface area contributed by atoms with Crippen molar-refractivity contribution >= 4 is 23.1 Å². The van der Waals surface area contributed by atoms with Crippen molar-refractivity contribution in [3.05, 3.63) is 107 Å². The van der Waals surface area contributed by atoms with Gasteiger partial charge in [-0.1, -0.05) is 54.6 Å². The molecule has 0 aliphatic heterocycles. The topological polar surface area (TPSA) is 52.6 Å². The Labute approximate surface area is 170 Å². The maximum absolute atomic E-state index is 11.8. The molecule has 0 atom stereocenters. The monoisotopic (exact) mass is 386 g/mol. The minimum Gasteiger partial charge on any atom is -0.465 e. The minimum absolute atomic E-state index is 0.361. The highest BCUT2D eigenvalue weighted by atomic mass is 16.5. The van der Waals surface area contributed by atoms with Crippen LogP contribution in [0.1, 0.15) is 44.3 Å². The summed E-state index contributed by atoms with van der Waals surface area (Å²) in [5.41, 5.74) is 6.16. The molecule has 0 saturated carbocycles. The fraction of sp³-hybridized carbons (Fsp3) is 0.120. The van der Waals surface area contributed by atoms with Crippen LogP contribution in [0.2, 0.25) is 0 Å². The lowest BCUT2D eigenvalue weighted by Crippen LogP contribution is -2.02. The van der Waals surface area contributed by atoms with Crippen molar-refractivity contribution in [1.29, 1.82) is 0 Å². The van der Waals surface area contributed by atoms with E-state index >= 15 is 0 Å². The van der Waals surface area contributed by atoms with E-state index in [1.54, 1.807) is 24.3 Å². The summed E-state index contributed by atoms with van der Waals surface area (Å²) < 4.78 is 9.56. The van der Waals surface area contributed by atoms with E-state index in [2.05, 4.69) is 12.1 Å². The lowest BCUT2D eigenvalue weighted by molar-refractivity contribution is 0.0592. The molecule has 0 N–H and O–H groups in total. The molecular formula is C25H22O4. The molecule has 0 bridgehead atoms. The average molecular weight is 386 g/mol. The summed E-state index contributed by atoms with van der Waals surface area (Å²) in [6.07, 6.45) is 0. The normalized spacial score (nSPS) is 11.4. The number of carbonyl (C=O) groups excluding carboxylic acids is 2. The Morgan fingerprint density at radius 2 is 0.931 bits per heavy atom. The van der Waals surface area contributed by atoms with E-state index in [0.717, 1.165) is 27.8 Å². The van der Waals surface area contributed by atoms with Gasteiger partial charge in [-0.2, -0.15) is 0 Å². The highest BCUT2D eigenvalue weighted by molar-refractivity contribution is 5.99. The standard InChI is InChI=1S/C25H22O4/c1-17(18-9-13-21(14-10-18)24(26)28-2)23(19-7-5-4-6-8-19)20-11-15-22(16-12-20)25(27)29-3/h4-16H,1-3H3/b23-17+. The zero-order valence-electron chi connectivity index (χ0n) is 16.6. The summed E-state index contributed by atoms with van der Waals surface area (Å²) in [4.78, 5) is 23.5. The molecule has 3 aromatic rings. The van der Waals surface area contributed by atoms with Gasteiger partial charge < -0.3 is 9.47 Å². The average Bonchev–Trinajstić information content (AvgIpc) is 2.79. The van der Waals surface area contributed by atoms with E-state index in [0.29, 0.717) is 11.1 Å². The molecule has 146 valence electrons. The van der Waals surface area contributed by atoms with Crippen LogP contribution in [0.4, 0.5) is 0 Å². The SMILES string of the molecule is COC(=O)c1ccc(/C(C)=C(\c2ccccc2)c2ccc(C(=O)OC)cc2)cc1. The van der Waals surface area contributed by atoms with Gasteiger partial charge in [0.25, 0.3) is 0 Å². The van der Waals surface area contributed by atoms with E-state index in [4.69, 9.17) is 9.47 Å². The maximum Gasteiger partial charge on any atom is 0.337 e. The van der Waals surface area contributed by atoms with Crippen LogP contribution >= 0.6 is 0 Å². The Kier molecular flexibility index (Phi) is 6.25. The smallest absolute Gasteiger partial charge is 0.337 e. The molecule has 0 heterocycles. The third-order valence-corrected chi connectivity index (χ3v) is 4.77. The Hall–Kier alpha value is -3.66. The third-order valence-electron chi connectivity index (χ3n) is 4.77. The van der Waals surface area contributed by atoms with Gasteiger partial charge in [-0.25, -0.2) is 9.59 Å². The van der Waals surface area contributed by atoms with Crippen molar-refractivity contribution in [3.63, 3.8) is 0 Å². The first-order chi connectivity index (χ1) is 14.0. The summed E-state index contributed by atoms with van der Waals surface area (Å²) in [6, 6.07) is 24.8. The summed E-state index contributed by atoms with van der Waals surface area (Å²) in [5.74, 6) is -0.725. The summed E-state index contributed by atoms with van der Waals surface area (Å²) in [6.45, 7) is 2.05. The van der Waals surface area contributed by atoms with Gasteiger partial charge in [0.05, 0.1) is 25.3 Å². The molecule has 3 rings (SSSR count). The van der Waals surface area contributed by atoms with Crippen LogP contribution in [0, 0.1) is 0 Å². The first-order valence-electron chi connectivity index (χ1n) is 9.19. The molecule has 0 unspecified atom stereocenters. The Morgan fingerprint density at radius 1 is 0.552 bits per heavy atom. The fourth-order valence-electron chi connectivity index (χ4n) is 3.21. The highest BCUT2D eigenvalue weighted by Crippen LogP contribution is 2.32. The first-order valence-corrected chi connectivity index (χ1v) is 9.19. The molecule has 3 aromatic carbocycles. The van der Waals surface area contributed by atoms with Crippen molar-refractivity contribution in [1.82, 2.24) is 0 Å². The summed E-state index contributed by atoms with van der Waals surface area (Å²) >= 11 is 0. The van der Waals surface area contributed by atoms with Gasteiger partial charge in [0, 0.05) is 0 Å². The second-order valence-electron chi connectivity index (χ2n) is 6.50. The van der Waals surface area contributed by atoms with Crippen LogP contribution in [-0.2, 0) is 9.47 Å². The zero-order chi connectivity index (χ0) is 20.8. The molecule has 29 heavy (non-hydrogen) atoms. The van der Waals surface area contributed by atoms with E-state index < -0.39 is 0 Å². The molecule has 0 saturated heterocycles. The molecular weight excluding hydrogens is 364 g/mol. The van der Waals surface area contributed by atoms with Crippen LogP contribution in [0.5, 0.6) is 0 Å². The van der Waals surface area contributed by atoms with Gasteiger partial charge in [0.15, 0.2) is 0 Å². The van der Waals surface area contributed by atoms with Gasteiger partial charge in [0.1, 0.15) is 0 Å². The molecule has 0 spiro atoms. The Bertz CT molecular complexity index is 1030. The first kappa shape index (κ1) is 20.1. The summed E-state index contributed by atoms with van der Waals surface area (Å²) in [7, 11) is 2.74. The van der Waals surface area contributed by atoms with E-state index in [1.807, 2.05) is 49.4 Å². The maximum atomic E-state index is 11.8. The van der Waals surface area contributed by atoms with Gasteiger partial charge in [-0.3, -0.25) is 0 Å². The number of allylic oxidation sites excluding steroid dienone is 1. The van der Waals surface area contributed by atoms with Crippen LogP contribution in [0.3, 0.4) is 0 Å². The van der Waals surface area contributed by atoms with Crippen LogP contribution in [0.25, 0.3) is 11.1 Å². The molecule has 0 aromatic heterocycles. The molecule has 4 nitrogen and oxygen atoms in total. The quantitative estimate of drug-likeness (QED) is 0.445. The lowest BCUT2D eigenvalue weighted by Gasteiger charge is -2.15. The highest BCUT2D eigenvalue weighted by Gasteiger charge is 2.13. The molecule has 0 aliphatic carbocycles. The van der Waals surface area contributed by atoms with E-state index in [-0.39, 0.29) is 11.9 Å². The van der Waals surface area contributed by atoms with Gasteiger partial charge in [0.2, 0.25) is 0 Å². The number of hydrogen-bond donors (Lipinski definition) is 0. The van der Waals surface area contributed by atoms with Gasteiger partial charge in [-0.15, -0.1) is 0 Å². The van der Waals surface area contributed by atoms with Crippen LogP contribution < -0.4 is 0 Å². The minimum atomic E-state index is -0.364. The van der Waals surface area contributed by atoms with Gasteiger partial charge in [-0.05, 0) is 59.0 Å². The van der Waals surface area contributed by atoms with E-state index in [1.165, 1.54) is 14.2 Å². The molecule has 0 aliphatic rings. The molecule has 0 fully saturated rings. The Balaban J connectivity index is 2.10. The molecule has 0 amide bonds. The second-order valence-corrected chi connectivity index (χ2v) is 6.50. The van der Waals surface area contributed by atoms with Crippen molar-refractivity contribution in [3.8, 4) is 0 Å². The van der Waals surface area contributed by atoms with Gasteiger partial charge >= 0.3 is 11.9 Å². The molecule has 4 heteroatoms. The largest absolute Gasteiger partial charge is 0.465 e. The van der Waals surface area contributed by atoms with Crippen molar-refractivity contribution in [2.75, 3.05) is 14.2 Å². The van der Waals surface area contributed by atoms with Crippen molar-refractivity contribution in [2.45, 2.75) is 6.92 Å². The lowest BCUT2D eigenvalue weighted by atomic mass is 9.89. The predicted molar refractivity (Wildman–Crippen MR) is 114 cm³/mol. The van der Waals surface area contributed by atoms with Crippen molar-refractivity contribution < 1.29 is 19.1 Å². The zero-order valence-corrected chi connectivity index (χ0v) is 16.6. The number of benzene rings is 3. The number of rotatable bonds is 5. The predicted octanol–water partition coefficient (Wildman–Crippen LogP) is 5.24. The van der Waals surface area contributed by atoms with Crippen LogP contribution in [0.15, 0.2) is 78.9 Å². The fourth-order valence-corrected chi connectivity index (χ4v) is 3.21. The van der Waals surface area contributed by atoms with Crippen LogP contribution in [-0.4, -0.2) is 26.2 Å². The summed E-state index contributed by atoms with van der Waals surface area (Å²) in [5, 5.41) is 0. The number of ether oxygens (including phenoxy) is 2. The number of hydrogen-bond acceptors (Lipinski definition) is 4. The number of esters is 2. The van der Waals surface area contributed by atoms with E-state index in [9.17, 15) is 9.59 Å².